The highest BCUT2D eigenvalue weighted by atomic mass is 16.5. The summed E-state index contributed by atoms with van der Waals surface area (Å²) in [6.45, 7) is 7.56. The summed E-state index contributed by atoms with van der Waals surface area (Å²) in [5, 5.41) is 19.1. The zero-order chi connectivity index (χ0) is 26.8. The molecule has 3 heterocycles. The highest BCUT2D eigenvalue weighted by Crippen LogP contribution is 2.37. The van der Waals surface area contributed by atoms with Gasteiger partial charge in [-0.25, -0.2) is 4.98 Å². The van der Waals surface area contributed by atoms with Crippen molar-refractivity contribution in [3.63, 3.8) is 0 Å². The Morgan fingerprint density at radius 2 is 1.74 bits per heavy atom. The standard InChI is InChI=1S/C30H30N6O2/c1-5-27(37)36-19(2)17-35(18-20(36)3)26-14-13-23(16-32-26)28-30(38-4)25-8-6-7-24(29(25)34-33-28)22-11-9-21(15-31)10-12-22/h6-14,16,19-20H,5,17-18H2,1-4H3/t19-,20+. The van der Waals surface area contributed by atoms with Gasteiger partial charge in [-0.2, -0.15) is 5.26 Å². The van der Waals surface area contributed by atoms with Crippen molar-refractivity contribution in [2.24, 2.45) is 0 Å². The van der Waals surface area contributed by atoms with Crippen LogP contribution in [0.15, 0.2) is 60.8 Å². The first-order chi connectivity index (χ1) is 18.4. The van der Waals surface area contributed by atoms with Crippen molar-refractivity contribution in [1.82, 2.24) is 20.1 Å². The van der Waals surface area contributed by atoms with Crippen molar-refractivity contribution >= 4 is 22.6 Å². The molecule has 0 saturated carbocycles. The number of piperazine rings is 1. The predicted molar refractivity (Wildman–Crippen MR) is 148 cm³/mol. The number of methoxy groups -OCH3 is 1. The number of rotatable bonds is 5. The number of hydrogen-bond donors (Lipinski definition) is 0. The first-order valence-electron chi connectivity index (χ1n) is 12.8. The lowest BCUT2D eigenvalue weighted by molar-refractivity contribution is -0.135. The molecule has 8 nitrogen and oxygen atoms in total. The van der Waals surface area contributed by atoms with Crippen LogP contribution >= 0.6 is 0 Å². The summed E-state index contributed by atoms with van der Waals surface area (Å²) in [5.41, 5.74) is 4.64. The van der Waals surface area contributed by atoms with E-state index in [1.165, 1.54) is 0 Å². The first kappa shape index (κ1) is 25.2. The third kappa shape index (κ3) is 4.52. The highest BCUT2D eigenvalue weighted by Gasteiger charge is 2.32. The minimum absolute atomic E-state index is 0.115. The molecule has 0 spiro atoms. The van der Waals surface area contributed by atoms with Gasteiger partial charge < -0.3 is 14.5 Å². The van der Waals surface area contributed by atoms with Gasteiger partial charge in [0.25, 0.3) is 0 Å². The van der Waals surface area contributed by atoms with Crippen molar-refractivity contribution in [3.8, 4) is 34.2 Å². The van der Waals surface area contributed by atoms with E-state index in [2.05, 4.69) is 35.0 Å². The average Bonchev–Trinajstić information content (AvgIpc) is 2.95. The Hall–Kier alpha value is -4.51. The van der Waals surface area contributed by atoms with E-state index < -0.39 is 0 Å². The number of amides is 1. The van der Waals surface area contributed by atoms with Gasteiger partial charge in [0.2, 0.25) is 5.91 Å². The first-order valence-corrected chi connectivity index (χ1v) is 12.8. The van der Waals surface area contributed by atoms with Crippen LogP contribution in [0.1, 0.15) is 32.8 Å². The smallest absolute Gasteiger partial charge is 0.222 e. The maximum absolute atomic E-state index is 12.4. The molecule has 4 aromatic rings. The molecule has 1 aliphatic rings. The Bertz CT molecular complexity index is 1500. The van der Waals surface area contributed by atoms with Crippen molar-refractivity contribution in [2.75, 3.05) is 25.1 Å². The van der Waals surface area contributed by atoms with Crippen molar-refractivity contribution in [3.05, 3.63) is 66.4 Å². The van der Waals surface area contributed by atoms with E-state index in [4.69, 9.17) is 15.0 Å². The van der Waals surface area contributed by atoms with Crippen molar-refractivity contribution < 1.29 is 9.53 Å². The van der Waals surface area contributed by atoms with E-state index in [9.17, 15) is 4.79 Å². The third-order valence-electron chi connectivity index (χ3n) is 7.13. The fraction of sp³-hybridized carbons (Fsp3) is 0.300. The normalized spacial score (nSPS) is 17.3. The van der Waals surface area contributed by atoms with Gasteiger partial charge in [0.15, 0.2) is 5.75 Å². The highest BCUT2D eigenvalue weighted by molar-refractivity contribution is 5.99. The second-order valence-corrected chi connectivity index (χ2v) is 9.64. The van der Waals surface area contributed by atoms with E-state index in [0.717, 1.165) is 46.5 Å². The predicted octanol–water partition coefficient (Wildman–Crippen LogP) is 5.07. The van der Waals surface area contributed by atoms with Crippen LogP contribution in [0.2, 0.25) is 0 Å². The van der Waals surface area contributed by atoms with Crippen LogP contribution in [0.4, 0.5) is 5.82 Å². The topological polar surface area (TPSA) is 95.2 Å². The monoisotopic (exact) mass is 506 g/mol. The number of aromatic nitrogens is 3. The summed E-state index contributed by atoms with van der Waals surface area (Å²) in [7, 11) is 1.63. The molecule has 1 amide bonds. The molecule has 0 unspecified atom stereocenters. The minimum Gasteiger partial charge on any atom is -0.494 e. The molecule has 0 aliphatic carbocycles. The van der Waals surface area contributed by atoms with Crippen LogP contribution in [0.3, 0.4) is 0 Å². The molecule has 1 saturated heterocycles. The van der Waals surface area contributed by atoms with Gasteiger partial charge in [0.05, 0.1) is 18.7 Å². The number of nitrogens with zero attached hydrogens (tertiary/aromatic N) is 6. The summed E-state index contributed by atoms with van der Waals surface area (Å²) in [6, 6.07) is 19.7. The Morgan fingerprint density at radius 3 is 2.34 bits per heavy atom. The summed E-state index contributed by atoms with van der Waals surface area (Å²) in [5.74, 6) is 1.69. The average molecular weight is 507 g/mol. The van der Waals surface area contributed by atoms with Gasteiger partial charge >= 0.3 is 0 Å². The molecule has 1 aliphatic heterocycles. The lowest BCUT2D eigenvalue weighted by Crippen LogP contribution is -2.58. The quantitative estimate of drug-likeness (QED) is 0.373. The summed E-state index contributed by atoms with van der Waals surface area (Å²) < 4.78 is 5.84. The molecule has 8 heteroatoms. The number of anilines is 1. The molecular weight excluding hydrogens is 476 g/mol. The van der Waals surface area contributed by atoms with E-state index in [0.29, 0.717) is 23.4 Å². The van der Waals surface area contributed by atoms with Crippen LogP contribution < -0.4 is 9.64 Å². The van der Waals surface area contributed by atoms with Gasteiger partial charge in [0.1, 0.15) is 17.0 Å². The Kier molecular flexibility index (Phi) is 6.93. The largest absolute Gasteiger partial charge is 0.494 e. The fourth-order valence-corrected chi connectivity index (χ4v) is 5.36. The maximum Gasteiger partial charge on any atom is 0.222 e. The molecule has 2 aromatic carbocycles. The van der Waals surface area contributed by atoms with Crippen LogP contribution in [0, 0.1) is 11.3 Å². The Morgan fingerprint density at radius 1 is 1.03 bits per heavy atom. The molecule has 0 radical (unpaired) electrons. The van der Waals surface area contributed by atoms with Crippen LogP contribution in [0.5, 0.6) is 5.75 Å². The second-order valence-electron chi connectivity index (χ2n) is 9.64. The molecule has 2 aromatic heterocycles. The molecule has 5 rings (SSSR count). The third-order valence-corrected chi connectivity index (χ3v) is 7.13. The van der Waals surface area contributed by atoms with E-state index in [-0.39, 0.29) is 18.0 Å². The van der Waals surface area contributed by atoms with Gasteiger partial charge in [-0.3, -0.25) is 4.79 Å². The zero-order valence-corrected chi connectivity index (χ0v) is 22.0. The number of fused-ring (bicyclic) bond motifs is 1. The molecule has 2 atom stereocenters. The van der Waals surface area contributed by atoms with E-state index in [1.807, 2.05) is 54.3 Å². The summed E-state index contributed by atoms with van der Waals surface area (Å²) in [4.78, 5) is 21.3. The fourth-order valence-electron chi connectivity index (χ4n) is 5.36. The van der Waals surface area contributed by atoms with Crippen LogP contribution in [0.25, 0.3) is 33.3 Å². The molecule has 0 N–H and O–H groups in total. The van der Waals surface area contributed by atoms with Gasteiger partial charge in [-0.15, -0.1) is 10.2 Å². The second kappa shape index (κ2) is 10.5. The maximum atomic E-state index is 12.4. The number of carbonyl (C=O) groups excluding carboxylic acids is 1. The molecule has 192 valence electrons. The van der Waals surface area contributed by atoms with Crippen molar-refractivity contribution in [1.29, 1.82) is 5.26 Å². The molecular formula is C30H30N6O2. The lowest BCUT2D eigenvalue weighted by atomic mass is 10.00. The minimum atomic E-state index is 0.115. The molecule has 1 fully saturated rings. The zero-order valence-electron chi connectivity index (χ0n) is 22.0. The number of hydrogen-bond acceptors (Lipinski definition) is 7. The van der Waals surface area contributed by atoms with Gasteiger partial charge in [-0.05, 0) is 49.7 Å². The van der Waals surface area contributed by atoms with E-state index in [1.54, 1.807) is 25.4 Å². The Balaban J connectivity index is 1.45. The lowest BCUT2D eigenvalue weighted by Gasteiger charge is -2.45. The number of benzene rings is 2. The summed E-state index contributed by atoms with van der Waals surface area (Å²) in [6.07, 6.45) is 2.32. The Labute approximate surface area is 222 Å². The van der Waals surface area contributed by atoms with Crippen LogP contribution in [-0.2, 0) is 4.79 Å². The van der Waals surface area contributed by atoms with Gasteiger partial charge in [-0.1, -0.05) is 31.2 Å². The number of carbonyl (C=O) groups is 1. The molecule has 0 bridgehead atoms. The van der Waals surface area contributed by atoms with Crippen LogP contribution in [-0.4, -0.2) is 58.3 Å². The SMILES string of the molecule is CCC(=O)N1[C@H](C)CN(c2ccc(-c3nnc4c(-c5ccc(C#N)cc5)cccc4c3OC)cn2)C[C@@H]1C. The molecule has 38 heavy (non-hydrogen) atoms. The number of nitriles is 1. The summed E-state index contributed by atoms with van der Waals surface area (Å²) >= 11 is 0. The number of ether oxygens (including phenoxy) is 1. The van der Waals surface area contributed by atoms with Gasteiger partial charge in [0, 0.05) is 54.3 Å². The van der Waals surface area contributed by atoms with Crippen molar-refractivity contribution in [2.45, 2.75) is 39.3 Å². The number of pyridine rings is 1. The van der Waals surface area contributed by atoms with E-state index >= 15 is 0 Å².